The van der Waals surface area contributed by atoms with Gasteiger partial charge < -0.3 is 10.1 Å². The number of hydrogen-bond acceptors (Lipinski definition) is 5. The normalized spacial score (nSPS) is 30.4. The molecule has 1 amide bonds. The number of carbonyl (C=O) groups is 2. The molecule has 0 atom stereocenters. The zero-order valence-corrected chi connectivity index (χ0v) is 17.7. The Morgan fingerprint density at radius 3 is 2.24 bits per heavy atom. The lowest BCUT2D eigenvalue weighted by atomic mass is 9.49. The average molecular weight is 421 g/mol. The summed E-state index contributed by atoms with van der Waals surface area (Å²) in [6.07, 6.45) is 6.38. The standard InChI is InChI=1S/C21H28N2O5S/c1-23(2)29(26,27)18-5-3-4-17(9-18)22-19(24)13-28-20(25)21-10-14-6-15(11-21)8-16(7-14)12-21/h3-5,9,14-16H,6-8,10-13H2,1-2H3,(H,22,24). The number of carbonyl (C=O) groups excluding carboxylic acids is 2. The largest absolute Gasteiger partial charge is 0.455 e. The Labute approximate surface area is 171 Å². The zero-order chi connectivity index (χ0) is 20.8. The van der Waals surface area contributed by atoms with E-state index in [1.807, 2.05) is 0 Å². The van der Waals surface area contributed by atoms with Gasteiger partial charge in [-0.05, 0) is 74.5 Å². The highest BCUT2D eigenvalue weighted by atomic mass is 32.2. The number of ether oxygens (including phenoxy) is 1. The summed E-state index contributed by atoms with van der Waals surface area (Å²) in [4.78, 5) is 25.2. The molecular weight excluding hydrogens is 392 g/mol. The first-order chi connectivity index (χ1) is 13.7. The van der Waals surface area contributed by atoms with Crippen LogP contribution in [0.2, 0.25) is 0 Å². The van der Waals surface area contributed by atoms with Gasteiger partial charge >= 0.3 is 5.97 Å². The fourth-order valence-electron chi connectivity index (χ4n) is 5.79. The number of nitrogens with one attached hydrogen (secondary N) is 1. The van der Waals surface area contributed by atoms with Gasteiger partial charge in [-0.25, -0.2) is 12.7 Å². The van der Waals surface area contributed by atoms with Gasteiger partial charge in [0.05, 0.1) is 10.3 Å². The van der Waals surface area contributed by atoms with Crippen molar-refractivity contribution in [3.05, 3.63) is 24.3 Å². The molecule has 7 nitrogen and oxygen atoms in total. The minimum absolute atomic E-state index is 0.0888. The van der Waals surface area contributed by atoms with Gasteiger partial charge in [0.2, 0.25) is 10.0 Å². The van der Waals surface area contributed by atoms with Crippen LogP contribution in [-0.4, -0.2) is 45.3 Å². The summed E-state index contributed by atoms with van der Waals surface area (Å²) in [5.41, 5.74) is -0.0434. The molecule has 0 aliphatic heterocycles. The lowest BCUT2D eigenvalue weighted by Gasteiger charge is -2.55. The molecule has 1 aromatic rings. The second kappa shape index (κ2) is 7.40. The lowest BCUT2D eigenvalue weighted by molar-refractivity contribution is -0.172. The number of sulfonamides is 1. The lowest BCUT2D eigenvalue weighted by Crippen LogP contribution is -2.50. The molecule has 29 heavy (non-hydrogen) atoms. The molecule has 4 bridgehead atoms. The average Bonchev–Trinajstić information content (AvgIpc) is 2.65. The van der Waals surface area contributed by atoms with Crippen molar-refractivity contribution >= 4 is 27.6 Å². The number of nitrogens with zero attached hydrogens (tertiary/aromatic N) is 1. The molecule has 4 saturated carbocycles. The third-order valence-electron chi connectivity index (χ3n) is 6.70. The predicted molar refractivity (Wildman–Crippen MR) is 108 cm³/mol. The maximum absolute atomic E-state index is 12.8. The van der Waals surface area contributed by atoms with Crippen LogP contribution in [0.25, 0.3) is 0 Å². The fourth-order valence-corrected chi connectivity index (χ4v) is 6.74. The second-order valence-corrected chi connectivity index (χ2v) is 11.3. The van der Waals surface area contributed by atoms with E-state index >= 15 is 0 Å². The topological polar surface area (TPSA) is 92.8 Å². The van der Waals surface area contributed by atoms with Crippen molar-refractivity contribution in [2.75, 3.05) is 26.0 Å². The van der Waals surface area contributed by atoms with Crippen molar-refractivity contribution in [3.63, 3.8) is 0 Å². The third-order valence-corrected chi connectivity index (χ3v) is 8.51. The SMILES string of the molecule is CN(C)S(=O)(=O)c1cccc(NC(=O)COC(=O)C23CC4CC(CC(C4)C2)C3)c1. The smallest absolute Gasteiger partial charge is 0.312 e. The molecule has 4 fully saturated rings. The summed E-state index contributed by atoms with van der Waals surface area (Å²) in [6, 6.07) is 6.03. The first-order valence-electron chi connectivity index (χ1n) is 10.2. The van der Waals surface area contributed by atoms with E-state index < -0.39 is 21.3 Å². The molecule has 1 aromatic carbocycles. The van der Waals surface area contributed by atoms with Gasteiger partial charge in [-0.2, -0.15) is 0 Å². The van der Waals surface area contributed by atoms with Crippen molar-refractivity contribution in [2.45, 2.75) is 43.4 Å². The van der Waals surface area contributed by atoms with Crippen LogP contribution in [0, 0.1) is 23.2 Å². The monoisotopic (exact) mass is 420 g/mol. The Hall–Kier alpha value is -1.93. The van der Waals surface area contributed by atoms with Crippen molar-refractivity contribution < 1.29 is 22.7 Å². The number of esters is 1. The molecule has 0 aromatic heterocycles. The van der Waals surface area contributed by atoms with Gasteiger partial charge in [-0.3, -0.25) is 9.59 Å². The second-order valence-electron chi connectivity index (χ2n) is 9.14. The van der Waals surface area contributed by atoms with Crippen LogP contribution in [0.4, 0.5) is 5.69 Å². The Morgan fingerprint density at radius 1 is 1.10 bits per heavy atom. The van der Waals surface area contributed by atoms with Gasteiger partial charge in [-0.15, -0.1) is 0 Å². The van der Waals surface area contributed by atoms with E-state index in [1.54, 1.807) is 12.1 Å². The number of anilines is 1. The Bertz CT molecular complexity index is 889. The van der Waals surface area contributed by atoms with E-state index in [0.717, 1.165) is 23.6 Å². The summed E-state index contributed by atoms with van der Waals surface area (Å²) in [5.74, 6) is 1.18. The number of rotatable bonds is 6. The van der Waals surface area contributed by atoms with Crippen LogP contribution in [0.5, 0.6) is 0 Å². The highest BCUT2D eigenvalue weighted by Gasteiger charge is 2.55. The molecule has 4 aliphatic carbocycles. The van der Waals surface area contributed by atoms with Crippen LogP contribution in [0.1, 0.15) is 38.5 Å². The van der Waals surface area contributed by atoms with Gasteiger partial charge in [0.1, 0.15) is 0 Å². The maximum atomic E-state index is 12.8. The molecule has 0 unspecified atom stereocenters. The van der Waals surface area contributed by atoms with Crippen molar-refractivity contribution in [1.82, 2.24) is 4.31 Å². The summed E-state index contributed by atoms with van der Waals surface area (Å²) < 4.78 is 31.0. The third kappa shape index (κ3) is 3.92. The Balaban J connectivity index is 1.36. The predicted octanol–water partition coefficient (Wildman–Crippen LogP) is 2.64. The first-order valence-corrected chi connectivity index (χ1v) is 11.6. The van der Waals surface area contributed by atoms with Gasteiger partial charge in [0.15, 0.2) is 6.61 Å². The highest BCUT2D eigenvalue weighted by Crippen LogP contribution is 2.60. The molecule has 158 valence electrons. The molecular formula is C21H28N2O5S. The van der Waals surface area contributed by atoms with Gasteiger partial charge in [0.25, 0.3) is 5.91 Å². The molecule has 0 radical (unpaired) electrons. The van der Waals surface area contributed by atoms with E-state index in [0.29, 0.717) is 23.4 Å². The summed E-state index contributed by atoms with van der Waals surface area (Å²) in [5, 5.41) is 2.62. The fraction of sp³-hybridized carbons (Fsp3) is 0.619. The quantitative estimate of drug-likeness (QED) is 0.714. The van der Waals surface area contributed by atoms with Crippen molar-refractivity contribution in [2.24, 2.45) is 23.2 Å². The molecule has 5 rings (SSSR count). The van der Waals surface area contributed by atoms with Crippen LogP contribution in [0.15, 0.2) is 29.2 Å². The van der Waals surface area contributed by atoms with Crippen LogP contribution in [-0.2, 0) is 24.3 Å². The highest BCUT2D eigenvalue weighted by molar-refractivity contribution is 7.89. The van der Waals surface area contributed by atoms with E-state index in [4.69, 9.17) is 4.74 Å². The molecule has 0 saturated heterocycles. The maximum Gasteiger partial charge on any atom is 0.312 e. The number of hydrogen-bond donors (Lipinski definition) is 1. The molecule has 8 heteroatoms. The van der Waals surface area contributed by atoms with Crippen LogP contribution in [0.3, 0.4) is 0 Å². The molecule has 0 spiro atoms. The Kier molecular flexibility index (Phi) is 5.19. The summed E-state index contributed by atoms with van der Waals surface area (Å²) in [6.45, 7) is -0.356. The first kappa shape index (κ1) is 20.3. The zero-order valence-electron chi connectivity index (χ0n) is 16.9. The van der Waals surface area contributed by atoms with Crippen LogP contribution >= 0.6 is 0 Å². The van der Waals surface area contributed by atoms with Crippen molar-refractivity contribution in [1.29, 1.82) is 0 Å². The minimum atomic E-state index is -3.59. The molecule has 4 aliphatic rings. The van der Waals surface area contributed by atoms with E-state index in [9.17, 15) is 18.0 Å². The van der Waals surface area contributed by atoms with E-state index in [2.05, 4.69) is 5.32 Å². The summed E-state index contributed by atoms with van der Waals surface area (Å²) >= 11 is 0. The molecule has 1 N–H and O–H groups in total. The van der Waals surface area contributed by atoms with E-state index in [1.165, 1.54) is 45.5 Å². The summed E-state index contributed by atoms with van der Waals surface area (Å²) in [7, 11) is -0.692. The number of benzene rings is 1. The minimum Gasteiger partial charge on any atom is -0.455 e. The number of amides is 1. The van der Waals surface area contributed by atoms with Gasteiger partial charge in [-0.1, -0.05) is 6.07 Å². The Morgan fingerprint density at radius 2 is 1.69 bits per heavy atom. The van der Waals surface area contributed by atoms with E-state index in [-0.39, 0.29) is 17.5 Å². The molecule has 0 heterocycles. The van der Waals surface area contributed by atoms with Crippen LogP contribution < -0.4 is 5.32 Å². The van der Waals surface area contributed by atoms with Crippen molar-refractivity contribution in [3.8, 4) is 0 Å². The van der Waals surface area contributed by atoms with Gasteiger partial charge in [0, 0.05) is 19.8 Å².